The lowest BCUT2D eigenvalue weighted by molar-refractivity contribution is 0.591. The summed E-state index contributed by atoms with van der Waals surface area (Å²) in [6.07, 6.45) is 0. The normalized spacial score (nSPS) is 11.1. The fourth-order valence-electron chi connectivity index (χ4n) is 3.07. The van der Waals surface area contributed by atoms with Crippen LogP contribution < -0.4 is 5.56 Å². The van der Waals surface area contributed by atoms with E-state index in [1.54, 1.807) is 22.8 Å². The molecule has 0 aliphatic rings. The lowest BCUT2D eigenvalue weighted by atomic mass is 10.1. The monoisotopic (exact) mass is 408 g/mol. The maximum absolute atomic E-state index is 14.0. The summed E-state index contributed by atoms with van der Waals surface area (Å²) in [4.78, 5) is 17.8. The number of hydrogen-bond donors (Lipinski definition) is 0. The second-order valence-electron chi connectivity index (χ2n) is 6.81. The van der Waals surface area contributed by atoms with E-state index in [1.807, 2.05) is 37.3 Å². The topological polar surface area (TPSA) is 34.9 Å². The highest BCUT2D eigenvalue weighted by atomic mass is 32.2. The molecule has 29 heavy (non-hydrogen) atoms. The van der Waals surface area contributed by atoms with Gasteiger partial charge in [-0.05, 0) is 42.8 Å². The lowest BCUT2D eigenvalue weighted by Gasteiger charge is -2.14. The smallest absolute Gasteiger partial charge is 0.262 e. The lowest BCUT2D eigenvalue weighted by Crippen LogP contribution is -2.24. The van der Waals surface area contributed by atoms with Gasteiger partial charge in [0.05, 0.1) is 17.4 Å². The van der Waals surface area contributed by atoms with Gasteiger partial charge in [-0.3, -0.25) is 9.36 Å². The number of thioether (sulfide) groups is 1. The van der Waals surface area contributed by atoms with Crippen molar-refractivity contribution in [2.75, 3.05) is 0 Å². The molecule has 3 aromatic carbocycles. The van der Waals surface area contributed by atoms with E-state index in [0.29, 0.717) is 22.6 Å². The summed E-state index contributed by atoms with van der Waals surface area (Å²) < 4.78 is 29.1. The van der Waals surface area contributed by atoms with Gasteiger partial charge in [-0.1, -0.05) is 53.7 Å². The molecule has 3 nitrogen and oxygen atoms in total. The number of rotatable bonds is 5. The van der Waals surface area contributed by atoms with E-state index in [0.717, 1.165) is 23.3 Å². The van der Waals surface area contributed by atoms with Crippen molar-refractivity contribution < 1.29 is 8.78 Å². The Morgan fingerprint density at radius 2 is 1.76 bits per heavy atom. The molecule has 1 aromatic heterocycles. The van der Waals surface area contributed by atoms with Gasteiger partial charge in [0.15, 0.2) is 5.16 Å². The van der Waals surface area contributed by atoms with Gasteiger partial charge >= 0.3 is 0 Å². The molecule has 1 heterocycles. The molecule has 4 rings (SSSR count). The summed E-state index contributed by atoms with van der Waals surface area (Å²) in [6.45, 7) is 2.35. The van der Waals surface area contributed by atoms with Gasteiger partial charge in [0, 0.05) is 11.3 Å². The van der Waals surface area contributed by atoms with Crippen molar-refractivity contribution in [2.24, 2.45) is 0 Å². The van der Waals surface area contributed by atoms with E-state index >= 15 is 0 Å². The molecule has 0 radical (unpaired) electrons. The second-order valence-corrected chi connectivity index (χ2v) is 7.76. The molecule has 4 aromatic rings. The molecule has 0 unspecified atom stereocenters. The van der Waals surface area contributed by atoms with Gasteiger partial charge in [-0.15, -0.1) is 0 Å². The minimum absolute atomic E-state index is 0.154. The van der Waals surface area contributed by atoms with Crippen LogP contribution in [0.15, 0.2) is 76.7 Å². The Morgan fingerprint density at radius 3 is 2.55 bits per heavy atom. The van der Waals surface area contributed by atoms with Crippen LogP contribution in [0.2, 0.25) is 0 Å². The number of aromatic nitrogens is 2. The maximum atomic E-state index is 14.0. The number of hydrogen-bond acceptors (Lipinski definition) is 3. The van der Waals surface area contributed by atoms with Crippen LogP contribution in [-0.4, -0.2) is 9.55 Å². The van der Waals surface area contributed by atoms with Gasteiger partial charge in [-0.25, -0.2) is 13.8 Å². The predicted octanol–water partition coefficient (Wildman–Crippen LogP) is 5.32. The average Bonchev–Trinajstić information content (AvgIpc) is 2.72. The van der Waals surface area contributed by atoms with Crippen molar-refractivity contribution in [3.05, 3.63) is 105 Å². The molecule has 0 aliphatic heterocycles. The summed E-state index contributed by atoms with van der Waals surface area (Å²) in [5.74, 6) is -0.805. The number of benzene rings is 3. The molecule has 0 amide bonds. The van der Waals surface area contributed by atoms with E-state index in [1.165, 1.54) is 17.8 Å². The summed E-state index contributed by atoms with van der Waals surface area (Å²) in [6, 6.07) is 18.4. The van der Waals surface area contributed by atoms with Crippen molar-refractivity contribution in [3.63, 3.8) is 0 Å². The molecule has 146 valence electrons. The first-order chi connectivity index (χ1) is 14.0. The van der Waals surface area contributed by atoms with Crippen molar-refractivity contribution in [3.8, 4) is 0 Å². The van der Waals surface area contributed by atoms with Crippen molar-refractivity contribution in [1.29, 1.82) is 0 Å². The van der Waals surface area contributed by atoms with Gasteiger partial charge in [0.2, 0.25) is 0 Å². The number of halogens is 2. The molecule has 0 atom stereocenters. The van der Waals surface area contributed by atoms with Crippen molar-refractivity contribution >= 4 is 22.7 Å². The minimum Gasteiger partial charge on any atom is -0.283 e. The number of nitrogens with zero attached hydrogens (tertiary/aromatic N) is 2. The molecule has 6 heteroatoms. The number of aryl methyl sites for hydroxylation is 1. The van der Waals surface area contributed by atoms with Crippen LogP contribution in [0.5, 0.6) is 0 Å². The highest BCUT2D eigenvalue weighted by Crippen LogP contribution is 2.24. The third-order valence-corrected chi connectivity index (χ3v) is 5.68. The third-order valence-electron chi connectivity index (χ3n) is 4.65. The van der Waals surface area contributed by atoms with E-state index < -0.39 is 11.6 Å². The first kappa shape index (κ1) is 19.3. The standard InChI is InChI=1S/C23H18F2N2OS/c1-15-6-8-16(9-7-15)13-27-22(28)19-4-2-3-5-21(19)26-23(27)29-14-17-12-18(24)10-11-20(17)25/h2-12H,13-14H2,1H3. The van der Waals surface area contributed by atoms with E-state index in [2.05, 4.69) is 4.98 Å². The zero-order chi connectivity index (χ0) is 20.4. The predicted molar refractivity (Wildman–Crippen MR) is 112 cm³/mol. The van der Waals surface area contributed by atoms with Gasteiger partial charge < -0.3 is 0 Å². The van der Waals surface area contributed by atoms with Crippen LogP contribution in [0.3, 0.4) is 0 Å². The summed E-state index contributed by atoms with van der Waals surface area (Å²) in [5.41, 5.74) is 2.76. The van der Waals surface area contributed by atoms with Crippen LogP contribution in [-0.2, 0) is 12.3 Å². The molecule has 0 aliphatic carbocycles. The summed E-state index contributed by atoms with van der Waals surface area (Å²) in [7, 11) is 0. The highest BCUT2D eigenvalue weighted by Gasteiger charge is 2.13. The fourth-order valence-corrected chi connectivity index (χ4v) is 4.04. The zero-order valence-corrected chi connectivity index (χ0v) is 16.5. The molecule has 0 N–H and O–H groups in total. The molecule has 0 saturated carbocycles. The Balaban J connectivity index is 1.75. The Labute approximate surface area is 171 Å². The van der Waals surface area contributed by atoms with Crippen LogP contribution in [0.4, 0.5) is 8.78 Å². The number of fused-ring (bicyclic) bond motifs is 1. The molecular weight excluding hydrogens is 390 g/mol. The van der Waals surface area contributed by atoms with E-state index in [4.69, 9.17) is 0 Å². The van der Waals surface area contributed by atoms with Crippen LogP contribution in [0.1, 0.15) is 16.7 Å². The average molecular weight is 408 g/mol. The summed E-state index contributed by atoms with van der Waals surface area (Å²) >= 11 is 1.22. The Hall–Kier alpha value is -2.99. The second kappa shape index (κ2) is 8.17. The van der Waals surface area contributed by atoms with Crippen molar-refractivity contribution in [1.82, 2.24) is 9.55 Å². The summed E-state index contributed by atoms with van der Waals surface area (Å²) in [5, 5.41) is 0.999. The largest absolute Gasteiger partial charge is 0.283 e. The minimum atomic E-state index is -0.495. The first-order valence-electron chi connectivity index (χ1n) is 9.13. The SMILES string of the molecule is Cc1ccc(Cn2c(SCc3cc(F)ccc3F)nc3ccccc3c2=O)cc1. The first-order valence-corrected chi connectivity index (χ1v) is 10.1. The van der Waals surface area contributed by atoms with E-state index in [9.17, 15) is 13.6 Å². The van der Waals surface area contributed by atoms with Gasteiger partial charge in [0.1, 0.15) is 11.6 Å². The van der Waals surface area contributed by atoms with Gasteiger partial charge in [0.25, 0.3) is 5.56 Å². The molecule has 0 saturated heterocycles. The van der Waals surface area contributed by atoms with Crippen LogP contribution in [0.25, 0.3) is 10.9 Å². The van der Waals surface area contributed by atoms with Crippen molar-refractivity contribution in [2.45, 2.75) is 24.4 Å². The third kappa shape index (κ3) is 4.22. The molecular formula is C23H18F2N2OS. The Bertz CT molecular complexity index is 1240. The zero-order valence-electron chi connectivity index (χ0n) is 15.7. The quantitative estimate of drug-likeness (QED) is 0.331. The molecule has 0 fully saturated rings. The maximum Gasteiger partial charge on any atom is 0.262 e. The Morgan fingerprint density at radius 1 is 1.00 bits per heavy atom. The Kier molecular flexibility index (Phi) is 5.45. The molecule has 0 spiro atoms. The number of para-hydroxylation sites is 1. The molecule has 0 bridgehead atoms. The van der Waals surface area contributed by atoms with Crippen LogP contribution >= 0.6 is 11.8 Å². The van der Waals surface area contributed by atoms with Crippen LogP contribution in [0, 0.1) is 18.6 Å². The van der Waals surface area contributed by atoms with E-state index in [-0.39, 0.29) is 16.9 Å². The highest BCUT2D eigenvalue weighted by molar-refractivity contribution is 7.98. The fraction of sp³-hybridized carbons (Fsp3) is 0.130. The van der Waals surface area contributed by atoms with Gasteiger partial charge in [-0.2, -0.15) is 0 Å².